The van der Waals surface area contributed by atoms with Crippen molar-refractivity contribution in [1.29, 1.82) is 0 Å². The first-order chi connectivity index (χ1) is 31.5. The molecule has 1 unspecified atom stereocenters. The summed E-state index contributed by atoms with van der Waals surface area (Å²) in [5.74, 6) is -0.923. The van der Waals surface area contributed by atoms with E-state index in [1.807, 2.05) is 0 Å². The van der Waals surface area contributed by atoms with Crippen molar-refractivity contribution in [2.24, 2.45) is 0 Å². The molecule has 0 aliphatic heterocycles. The zero-order valence-electron chi connectivity index (χ0n) is 42.8. The van der Waals surface area contributed by atoms with Gasteiger partial charge in [-0.1, -0.05) is 250 Å². The Labute approximate surface area is 397 Å². The fraction of sp³-hybridized carbons (Fsp3) is 0.845. The van der Waals surface area contributed by atoms with E-state index >= 15 is 0 Å². The van der Waals surface area contributed by atoms with Crippen LogP contribution in [0, 0.1) is 0 Å². The number of hydrogen-bond acceptors (Lipinski definition) is 6. The van der Waals surface area contributed by atoms with Crippen LogP contribution in [0.1, 0.15) is 297 Å². The highest BCUT2D eigenvalue weighted by molar-refractivity contribution is 5.71. The molecule has 374 valence electrons. The van der Waals surface area contributed by atoms with Gasteiger partial charge in [0, 0.05) is 19.3 Å². The summed E-state index contributed by atoms with van der Waals surface area (Å²) in [6, 6.07) is 0. The van der Waals surface area contributed by atoms with Crippen molar-refractivity contribution in [3.63, 3.8) is 0 Å². The van der Waals surface area contributed by atoms with Crippen molar-refractivity contribution in [3.8, 4) is 0 Å². The molecular weight excluding hydrogens is 793 g/mol. The van der Waals surface area contributed by atoms with Crippen molar-refractivity contribution < 1.29 is 28.6 Å². The Balaban J connectivity index is 4.29. The molecule has 0 fully saturated rings. The third-order valence-electron chi connectivity index (χ3n) is 12.4. The van der Waals surface area contributed by atoms with E-state index in [0.717, 1.165) is 77.0 Å². The Morgan fingerprint density at radius 3 is 0.953 bits per heavy atom. The molecule has 0 aromatic heterocycles. The van der Waals surface area contributed by atoms with E-state index in [0.29, 0.717) is 19.3 Å². The summed E-state index contributed by atoms with van der Waals surface area (Å²) >= 11 is 0. The fourth-order valence-corrected chi connectivity index (χ4v) is 8.14. The number of carbonyl (C=O) groups is 3. The van der Waals surface area contributed by atoms with Crippen LogP contribution < -0.4 is 0 Å². The van der Waals surface area contributed by atoms with Crippen LogP contribution in [0.15, 0.2) is 36.5 Å². The van der Waals surface area contributed by atoms with Gasteiger partial charge in [-0.2, -0.15) is 0 Å². The van der Waals surface area contributed by atoms with Crippen LogP contribution in [0.3, 0.4) is 0 Å². The van der Waals surface area contributed by atoms with E-state index in [9.17, 15) is 14.4 Å². The van der Waals surface area contributed by atoms with Crippen LogP contribution in [0.4, 0.5) is 0 Å². The Morgan fingerprint density at radius 1 is 0.312 bits per heavy atom. The molecule has 0 aromatic rings. The van der Waals surface area contributed by atoms with Gasteiger partial charge in [-0.15, -0.1) is 0 Å². The highest BCUT2D eigenvalue weighted by Gasteiger charge is 2.19. The first-order valence-electron chi connectivity index (χ1n) is 28.0. The number of esters is 3. The van der Waals surface area contributed by atoms with Crippen LogP contribution in [0.2, 0.25) is 0 Å². The summed E-state index contributed by atoms with van der Waals surface area (Å²) in [6.45, 7) is 6.60. The molecule has 0 rings (SSSR count). The summed E-state index contributed by atoms with van der Waals surface area (Å²) < 4.78 is 16.8. The second-order valence-corrected chi connectivity index (χ2v) is 18.9. The molecule has 0 aromatic carbocycles. The predicted molar refractivity (Wildman–Crippen MR) is 275 cm³/mol. The van der Waals surface area contributed by atoms with Crippen LogP contribution >= 0.6 is 0 Å². The maximum atomic E-state index is 12.8. The van der Waals surface area contributed by atoms with E-state index in [2.05, 4.69) is 57.2 Å². The third-order valence-corrected chi connectivity index (χ3v) is 12.4. The lowest BCUT2D eigenvalue weighted by Gasteiger charge is -2.18. The zero-order chi connectivity index (χ0) is 46.5. The molecule has 64 heavy (non-hydrogen) atoms. The van der Waals surface area contributed by atoms with Gasteiger partial charge in [0.25, 0.3) is 0 Å². The number of allylic oxidation sites excluding steroid dienone is 6. The van der Waals surface area contributed by atoms with E-state index in [1.165, 1.54) is 180 Å². The van der Waals surface area contributed by atoms with Crippen molar-refractivity contribution in [1.82, 2.24) is 0 Å². The van der Waals surface area contributed by atoms with Gasteiger partial charge in [0.15, 0.2) is 6.10 Å². The Kier molecular flexibility index (Phi) is 51.3. The third kappa shape index (κ3) is 50.6. The van der Waals surface area contributed by atoms with Gasteiger partial charge < -0.3 is 14.2 Å². The first kappa shape index (κ1) is 61.6. The van der Waals surface area contributed by atoms with Crippen LogP contribution in [0.5, 0.6) is 0 Å². The maximum Gasteiger partial charge on any atom is 0.306 e. The summed E-state index contributed by atoms with van der Waals surface area (Å²) in [4.78, 5) is 38.0. The van der Waals surface area contributed by atoms with Gasteiger partial charge >= 0.3 is 17.9 Å². The first-order valence-corrected chi connectivity index (χ1v) is 28.0. The largest absolute Gasteiger partial charge is 0.462 e. The van der Waals surface area contributed by atoms with Crippen LogP contribution in [-0.2, 0) is 28.6 Å². The average molecular weight is 899 g/mol. The van der Waals surface area contributed by atoms with Crippen LogP contribution in [0.25, 0.3) is 0 Å². The van der Waals surface area contributed by atoms with E-state index < -0.39 is 6.10 Å². The van der Waals surface area contributed by atoms with Gasteiger partial charge in [-0.3, -0.25) is 14.4 Å². The quantitative estimate of drug-likeness (QED) is 0.0199. The van der Waals surface area contributed by atoms with Crippen LogP contribution in [-0.4, -0.2) is 37.2 Å². The molecule has 0 aliphatic rings. The lowest BCUT2D eigenvalue weighted by molar-refractivity contribution is -0.167. The molecule has 0 radical (unpaired) electrons. The van der Waals surface area contributed by atoms with Gasteiger partial charge in [0.2, 0.25) is 0 Å². The summed E-state index contributed by atoms with van der Waals surface area (Å²) in [5.41, 5.74) is 0. The molecule has 6 heteroatoms. The fourth-order valence-electron chi connectivity index (χ4n) is 8.14. The minimum atomic E-state index is -0.787. The van der Waals surface area contributed by atoms with Gasteiger partial charge in [0.1, 0.15) is 13.2 Å². The molecular formula is C58H106O6. The molecule has 0 heterocycles. The van der Waals surface area contributed by atoms with Gasteiger partial charge in [0.05, 0.1) is 0 Å². The number of unbranched alkanes of at least 4 members (excludes halogenated alkanes) is 35. The lowest BCUT2D eigenvalue weighted by Crippen LogP contribution is -2.30. The standard InChI is InChI=1S/C58H106O6/c1-4-7-10-13-16-19-21-23-25-27-29-31-32-34-36-39-42-45-48-51-57(60)63-54-55(53-62-56(59)50-47-44-41-38-18-15-12-9-6-3)64-58(61)52-49-46-43-40-37-35-33-30-28-26-24-22-20-17-14-11-8-5-2/h26,28,30,33,38,41,55H,4-25,27,29,31-32,34-37,39-40,42-54H2,1-3H3/b28-26-,33-30-,41-38-. The number of rotatable bonds is 51. The van der Waals surface area contributed by atoms with Gasteiger partial charge in [-0.05, 0) is 64.2 Å². The Hall–Kier alpha value is -2.37. The van der Waals surface area contributed by atoms with Crippen molar-refractivity contribution in [2.75, 3.05) is 13.2 Å². The monoisotopic (exact) mass is 899 g/mol. The SMILES string of the molecule is CCCCCC/C=C\CCCC(=O)OCC(COC(=O)CCCCCCCCCCCCCCCCCCCCC)OC(=O)CCCCCCC/C=C\C=C/CCCCCCCCC. The maximum absolute atomic E-state index is 12.8. The highest BCUT2D eigenvalue weighted by Crippen LogP contribution is 2.16. The molecule has 0 spiro atoms. The summed E-state index contributed by atoms with van der Waals surface area (Å²) in [7, 11) is 0. The minimum absolute atomic E-state index is 0.0838. The van der Waals surface area contributed by atoms with Crippen molar-refractivity contribution in [3.05, 3.63) is 36.5 Å². The topological polar surface area (TPSA) is 78.9 Å². The number of carbonyl (C=O) groups excluding carboxylic acids is 3. The summed E-state index contributed by atoms with van der Waals surface area (Å²) in [6.07, 6.45) is 62.9. The second kappa shape index (κ2) is 53.2. The van der Waals surface area contributed by atoms with E-state index in [1.54, 1.807) is 0 Å². The Bertz CT molecular complexity index is 1080. The molecule has 6 nitrogen and oxygen atoms in total. The molecule has 0 amide bonds. The molecule has 0 aliphatic carbocycles. The number of hydrogen-bond donors (Lipinski definition) is 0. The lowest BCUT2D eigenvalue weighted by atomic mass is 10.0. The molecule has 0 saturated heterocycles. The zero-order valence-corrected chi connectivity index (χ0v) is 42.8. The molecule has 0 saturated carbocycles. The normalized spacial score (nSPS) is 12.2. The van der Waals surface area contributed by atoms with Crippen molar-refractivity contribution >= 4 is 17.9 Å². The second-order valence-electron chi connectivity index (χ2n) is 18.9. The average Bonchev–Trinajstić information content (AvgIpc) is 3.29. The summed E-state index contributed by atoms with van der Waals surface area (Å²) in [5, 5.41) is 0. The molecule has 0 N–H and O–H groups in total. The smallest absolute Gasteiger partial charge is 0.306 e. The molecule has 1 atom stereocenters. The van der Waals surface area contributed by atoms with E-state index in [-0.39, 0.29) is 31.1 Å². The van der Waals surface area contributed by atoms with Crippen molar-refractivity contribution in [2.45, 2.75) is 303 Å². The van der Waals surface area contributed by atoms with E-state index in [4.69, 9.17) is 14.2 Å². The minimum Gasteiger partial charge on any atom is -0.462 e. The Morgan fingerprint density at radius 2 is 0.578 bits per heavy atom. The molecule has 0 bridgehead atoms. The van der Waals surface area contributed by atoms with Gasteiger partial charge in [-0.25, -0.2) is 0 Å². The highest BCUT2D eigenvalue weighted by atomic mass is 16.6. The predicted octanol–water partition coefficient (Wildman–Crippen LogP) is 18.5. The number of ether oxygens (including phenoxy) is 3.